The van der Waals surface area contributed by atoms with E-state index in [0.717, 1.165) is 16.7 Å². The topological polar surface area (TPSA) is 72.0 Å². The molecule has 0 amide bonds. The number of hydrogen-bond donors (Lipinski definition) is 1. The van der Waals surface area contributed by atoms with E-state index in [1.54, 1.807) is 18.5 Å². The summed E-state index contributed by atoms with van der Waals surface area (Å²) >= 11 is 1.24. The zero-order valence-electron chi connectivity index (χ0n) is 19.4. The fourth-order valence-corrected chi connectivity index (χ4v) is 4.25. The van der Waals surface area contributed by atoms with E-state index in [0.29, 0.717) is 27.1 Å². The molecule has 0 unspecified atom stereocenters. The number of nitrogens with one attached hydrogen (secondary N) is 1. The number of nitrogens with zero attached hydrogens (tertiary/aromatic N) is 1. The van der Waals surface area contributed by atoms with Gasteiger partial charge in [-0.3, -0.25) is 14.6 Å². The number of carbonyl (C=O) groups is 1. The molecule has 6 heteroatoms. The highest BCUT2D eigenvalue weighted by atomic mass is 32.1. The normalized spacial score (nSPS) is 12.7. The van der Waals surface area contributed by atoms with Crippen LogP contribution in [0.15, 0.2) is 77.9 Å². The number of H-pyrrole nitrogens is 1. The first-order chi connectivity index (χ1) is 16.3. The smallest absolute Gasteiger partial charge is 0.266 e. The van der Waals surface area contributed by atoms with Crippen LogP contribution in [0.1, 0.15) is 47.8 Å². The van der Waals surface area contributed by atoms with E-state index in [2.05, 4.69) is 30.7 Å². The second-order valence-electron chi connectivity index (χ2n) is 8.95. The first kappa shape index (κ1) is 23.4. The van der Waals surface area contributed by atoms with Gasteiger partial charge in [0.15, 0.2) is 5.78 Å². The van der Waals surface area contributed by atoms with Crippen molar-refractivity contribution >= 4 is 29.3 Å². The Morgan fingerprint density at radius 1 is 1.06 bits per heavy atom. The van der Waals surface area contributed by atoms with Gasteiger partial charge in [0.05, 0.1) is 9.20 Å². The molecule has 34 heavy (non-hydrogen) atoms. The average Bonchev–Trinajstić information content (AvgIpc) is 3.17. The lowest BCUT2D eigenvalue weighted by molar-refractivity contribution is 0.106. The summed E-state index contributed by atoms with van der Waals surface area (Å²) in [5.74, 6) is 0.518. The quantitative estimate of drug-likeness (QED) is 0.429. The van der Waals surface area contributed by atoms with E-state index in [-0.39, 0.29) is 16.8 Å². The van der Waals surface area contributed by atoms with Gasteiger partial charge in [-0.2, -0.15) is 0 Å². The number of ether oxygens (including phenoxy) is 1. The van der Waals surface area contributed by atoms with Crippen LogP contribution in [0.2, 0.25) is 0 Å². The monoisotopic (exact) mass is 470 g/mol. The number of thiazole rings is 1. The number of aromatic amines is 1. The molecule has 0 aliphatic rings. The molecule has 172 valence electrons. The van der Waals surface area contributed by atoms with Crippen LogP contribution in [0.5, 0.6) is 5.75 Å². The van der Waals surface area contributed by atoms with Crippen LogP contribution in [0.25, 0.3) is 12.2 Å². The Morgan fingerprint density at radius 2 is 1.82 bits per heavy atom. The van der Waals surface area contributed by atoms with Crippen LogP contribution in [0.4, 0.5) is 0 Å². The Kier molecular flexibility index (Phi) is 6.89. The van der Waals surface area contributed by atoms with Crippen LogP contribution in [-0.2, 0) is 12.0 Å². The predicted molar refractivity (Wildman–Crippen MR) is 137 cm³/mol. The summed E-state index contributed by atoms with van der Waals surface area (Å²) in [6, 6.07) is 18.9. The van der Waals surface area contributed by atoms with Crippen molar-refractivity contribution in [2.24, 2.45) is 0 Å². The summed E-state index contributed by atoms with van der Waals surface area (Å²) in [4.78, 5) is 32.2. The molecule has 5 nitrogen and oxygen atoms in total. The number of ketones is 1. The van der Waals surface area contributed by atoms with Gasteiger partial charge in [-0.25, -0.2) is 0 Å². The highest BCUT2D eigenvalue weighted by Crippen LogP contribution is 2.22. The molecule has 4 rings (SSSR count). The van der Waals surface area contributed by atoms with Crippen molar-refractivity contribution < 1.29 is 9.53 Å². The van der Waals surface area contributed by atoms with E-state index in [1.807, 2.05) is 60.7 Å². The molecule has 0 atom stereocenters. The Hall–Kier alpha value is -3.77. The highest BCUT2D eigenvalue weighted by molar-refractivity contribution is 7.07. The van der Waals surface area contributed by atoms with Gasteiger partial charge >= 0.3 is 0 Å². The third-order valence-electron chi connectivity index (χ3n) is 5.30. The Morgan fingerprint density at radius 3 is 2.53 bits per heavy atom. The number of aromatic nitrogens is 2. The average molecular weight is 471 g/mol. The predicted octanol–water partition coefficient (Wildman–Crippen LogP) is 4.20. The van der Waals surface area contributed by atoms with Crippen LogP contribution in [0, 0.1) is 0 Å². The SMILES string of the molecule is CC(C)(C)c1ccc(C(=O)/C=c2/[nH]c(=O)/c(=C/c3ccccc3OCc3cccnc3)s2)cc1. The molecular formula is C28H26N2O3S. The molecule has 2 aromatic carbocycles. The maximum Gasteiger partial charge on any atom is 0.266 e. The zero-order valence-corrected chi connectivity index (χ0v) is 20.2. The molecule has 0 aliphatic heterocycles. The fourth-order valence-electron chi connectivity index (χ4n) is 3.38. The van der Waals surface area contributed by atoms with Crippen LogP contribution < -0.4 is 19.5 Å². The van der Waals surface area contributed by atoms with Crippen LogP contribution >= 0.6 is 11.3 Å². The number of pyridine rings is 1. The molecule has 0 aliphatic carbocycles. The lowest BCUT2D eigenvalue weighted by atomic mass is 9.86. The molecular weight excluding hydrogens is 444 g/mol. The maximum absolute atomic E-state index is 12.7. The van der Waals surface area contributed by atoms with Crippen LogP contribution in [-0.4, -0.2) is 15.8 Å². The van der Waals surface area contributed by atoms with Gasteiger partial charge in [0, 0.05) is 35.2 Å². The lowest BCUT2D eigenvalue weighted by Crippen LogP contribution is -2.20. The van der Waals surface area contributed by atoms with Crippen molar-refractivity contribution in [2.45, 2.75) is 32.8 Å². The summed E-state index contributed by atoms with van der Waals surface area (Å²) in [5, 5.41) is 0. The second kappa shape index (κ2) is 10.0. The minimum absolute atomic E-state index is 0.0208. The summed E-state index contributed by atoms with van der Waals surface area (Å²) in [5.41, 5.74) is 3.27. The van der Waals surface area contributed by atoms with Crippen molar-refractivity contribution in [2.75, 3.05) is 0 Å². The minimum atomic E-state index is -0.241. The van der Waals surface area contributed by atoms with Gasteiger partial charge in [-0.1, -0.05) is 69.3 Å². The standard InChI is InChI=1S/C28H26N2O3S/c1-28(2,3)22-12-10-20(11-13-22)23(31)16-26-30-27(32)25(34-26)15-21-8-4-5-9-24(21)33-18-19-7-6-14-29-17-19/h4-17H,18H2,1-3H3,(H,30,32)/b25-15-,26-16-. The van der Waals surface area contributed by atoms with Gasteiger partial charge in [0.2, 0.25) is 0 Å². The molecule has 0 radical (unpaired) electrons. The first-order valence-electron chi connectivity index (χ1n) is 11.0. The van der Waals surface area contributed by atoms with Crippen molar-refractivity contribution in [3.8, 4) is 5.75 Å². The zero-order chi connectivity index (χ0) is 24.1. The Balaban J connectivity index is 1.59. The second-order valence-corrected chi connectivity index (χ2v) is 10.0. The van der Waals surface area contributed by atoms with E-state index in [9.17, 15) is 9.59 Å². The molecule has 0 bridgehead atoms. The molecule has 0 saturated heterocycles. The maximum atomic E-state index is 12.7. The molecule has 0 saturated carbocycles. The molecule has 4 aromatic rings. The van der Waals surface area contributed by atoms with Gasteiger partial charge in [-0.15, -0.1) is 11.3 Å². The Labute approximate surface area is 202 Å². The van der Waals surface area contributed by atoms with Crippen LogP contribution in [0.3, 0.4) is 0 Å². The van der Waals surface area contributed by atoms with Gasteiger partial charge in [0.25, 0.3) is 5.56 Å². The highest BCUT2D eigenvalue weighted by Gasteiger charge is 2.14. The van der Waals surface area contributed by atoms with Crippen molar-refractivity contribution in [1.82, 2.24) is 9.97 Å². The molecule has 0 fully saturated rings. The summed E-state index contributed by atoms with van der Waals surface area (Å²) < 4.78 is 6.97. The number of benzene rings is 2. The number of Topliss-reactive ketones (excluding diaryl/α,β-unsaturated/α-hetero) is 1. The first-order valence-corrected chi connectivity index (χ1v) is 11.8. The molecule has 0 spiro atoms. The minimum Gasteiger partial charge on any atom is -0.488 e. The number of rotatable bonds is 6. The van der Waals surface area contributed by atoms with Gasteiger partial charge < -0.3 is 9.72 Å². The van der Waals surface area contributed by atoms with E-state index >= 15 is 0 Å². The summed E-state index contributed by atoms with van der Waals surface area (Å²) in [6.07, 6.45) is 6.73. The number of para-hydroxylation sites is 1. The van der Waals surface area contributed by atoms with E-state index < -0.39 is 0 Å². The Bertz CT molecular complexity index is 1460. The lowest BCUT2D eigenvalue weighted by Gasteiger charge is -2.18. The summed E-state index contributed by atoms with van der Waals surface area (Å²) in [7, 11) is 0. The summed E-state index contributed by atoms with van der Waals surface area (Å²) in [6.45, 7) is 6.77. The third-order valence-corrected chi connectivity index (χ3v) is 6.26. The largest absolute Gasteiger partial charge is 0.488 e. The number of carbonyl (C=O) groups excluding carboxylic acids is 1. The van der Waals surface area contributed by atoms with Crippen molar-refractivity contribution in [3.63, 3.8) is 0 Å². The van der Waals surface area contributed by atoms with Crippen molar-refractivity contribution in [1.29, 1.82) is 0 Å². The fraction of sp³-hybridized carbons (Fsp3) is 0.179. The van der Waals surface area contributed by atoms with Gasteiger partial charge in [0.1, 0.15) is 12.4 Å². The van der Waals surface area contributed by atoms with Gasteiger partial charge in [-0.05, 0) is 29.2 Å². The van der Waals surface area contributed by atoms with E-state index in [1.165, 1.54) is 17.4 Å². The molecule has 1 N–H and O–H groups in total. The van der Waals surface area contributed by atoms with E-state index in [4.69, 9.17) is 4.74 Å². The van der Waals surface area contributed by atoms with Crippen molar-refractivity contribution in [3.05, 3.63) is 115 Å². The molecule has 2 heterocycles. The third kappa shape index (κ3) is 5.77. The molecule has 2 aromatic heterocycles. The number of hydrogen-bond acceptors (Lipinski definition) is 5.